The molecule has 0 unspecified atom stereocenters. The van der Waals surface area contributed by atoms with Crippen molar-refractivity contribution >= 4 is 12.3 Å². The molecule has 0 amide bonds. The Labute approximate surface area is 313 Å². The third-order valence-electron chi connectivity index (χ3n) is 9.70. The van der Waals surface area contributed by atoms with E-state index in [0.717, 1.165) is 56.1 Å². The molecule has 6 atom stereocenters. The van der Waals surface area contributed by atoms with Crippen LogP contribution in [0.4, 0.5) is 0 Å². The van der Waals surface area contributed by atoms with Crippen LogP contribution in [0.3, 0.4) is 0 Å². The first-order valence-corrected chi connectivity index (χ1v) is 20.2. The molecule has 0 aromatic carbocycles. The second-order valence-corrected chi connectivity index (χ2v) is 17.6. The van der Waals surface area contributed by atoms with E-state index in [1.165, 1.54) is 26.4 Å². The van der Waals surface area contributed by atoms with E-state index >= 15 is 0 Å². The number of hydrogen-bond acceptors (Lipinski definition) is 5. The molecule has 0 rings (SSSR count). The van der Waals surface area contributed by atoms with Crippen molar-refractivity contribution in [1.82, 2.24) is 0 Å². The van der Waals surface area contributed by atoms with Gasteiger partial charge in [-0.3, -0.25) is 4.79 Å². The molecular formula is C45H90O5. The molecule has 0 aromatic rings. The molecule has 0 spiro atoms. The Kier molecular flexibility index (Phi) is 36.9. The van der Waals surface area contributed by atoms with E-state index < -0.39 is 0 Å². The van der Waals surface area contributed by atoms with Crippen LogP contribution >= 0.6 is 0 Å². The van der Waals surface area contributed by atoms with Gasteiger partial charge in [-0.15, -0.1) is 13.2 Å². The largest absolute Gasteiger partial charge is 0.469 e. The minimum Gasteiger partial charge on any atom is -0.469 e. The Morgan fingerprint density at radius 1 is 0.520 bits per heavy atom. The maximum absolute atomic E-state index is 11.3. The first kappa shape index (κ1) is 55.3. The number of rotatable bonds is 22. The fourth-order valence-corrected chi connectivity index (χ4v) is 5.67. The fourth-order valence-electron chi connectivity index (χ4n) is 5.67. The van der Waals surface area contributed by atoms with Crippen molar-refractivity contribution in [2.45, 2.75) is 174 Å². The number of ether oxygens (including phenoxy) is 1. The molecule has 0 aromatic heterocycles. The minimum atomic E-state index is -0.334. The van der Waals surface area contributed by atoms with E-state index in [-0.39, 0.29) is 30.0 Å². The number of carbonyl (C=O) groups excluding carboxylic acids is 2. The molecule has 0 aliphatic heterocycles. The van der Waals surface area contributed by atoms with E-state index in [1.807, 2.05) is 0 Å². The molecule has 0 fully saturated rings. The van der Waals surface area contributed by atoms with Gasteiger partial charge in [0.25, 0.3) is 0 Å². The summed E-state index contributed by atoms with van der Waals surface area (Å²) in [5.41, 5.74) is 0. The smallest absolute Gasteiger partial charge is 0.308 e. The highest BCUT2D eigenvalue weighted by Gasteiger charge is 2.23. The van der Waals surface area contributed by atoms with Crippen LogP contribution < -0.4 is 0 Å². The standard InChI is InChI=1S/2C12H24O.C11H22O2.C10H20O/c2*1-6-12(13)11(10(4)5)8-7-9(2)3;1-8(2)6-7-10(9(3)4)11(12)13-5;1-8(2)5-6-10(7-11)9(3)4/h2*6,9-13H,1,7-8H2,2-5H3;8-10H,6-7H2,1-5H3;7-10H,5-6H2,1-4H3/t11-,12+;11-,12-;2*10-/m0001/s1. The van der Waals surface area contributed by atoms with Crippen LogP contribution in [-0.4, -0.2) is 41.8 Å². The molecular weight excluding hydrogens is 620 g/mol. The number of methoxy groups -OCH3 is 1. The Morgan fingerprint density at radius 2 is 0.840 bits per heavy atom. The van der Waals surface area contributed by atoms with Gasteiger partial charge >= 0.3 is 5.97 Å². The average molecular weight is 711 g/mol. The van der Waals surface area contributed by atoms with Crippen LogP contribution in [0.2, 0.25) is 0 Å². The maximum atomic E-state index is 11.3. The summed E-state index contributed by atoms with van der Waals surface area (Å²) in [6.45, 7) is 41.9. The van der Waals surface area contributed by atoms with Gasteiger partial charge in [-0.25, -0.2) is 0 Å². The van der Waals surface area contributed by atoms with Crippen molar-refractivity contribution in [2.75, 3.05) is 7.11 Å². The average Bonchev–Trinajstić information content (AvgIpc) is 3.00. The molecule has 0 heterocycles. The number of aldehydes is 1. The lowest BCUT2D eigenvalue weighted by atomic mass is 9.84. The predicted molar refractivity (Wildman–Crippen MR) is 220 cm³/mol. The predicted octanol–water partition coefficient (Wildman–Crippen LogP) is 12.2. The molecule has 0 aliphatic rings. The van der Waals surface area contributed by atoms with Crippen molar-refractivity contribution in [1.29, 1.82) is 0 Å². The molecule has 0 saturated carbocycles. The lowest BCUT2D eigenvalue weighted by Crippen LogP contribution is -2.23. The van der Waals surface area contributed by atoms with Crippen LogP contribution in [0.25, 0.3) is 0 Å². The Hall–Kier alpha value is -1.46. The molecule has 0 aliphatic carbocycles. The number of carbonyl (C=O) groups is 2. The molecule has 0 saturated heterocycles. The Balaban J connectivity index is -0.000000283. The molecule has 2 N–H and O–H groups in total. The topological polar surface area (TPSA) is 83.8 Å². The van der Waals surface area contributed by atoms with Gasteiger partial charge in [0.1, 0.15) is 6.29 Å². The number of aliphatic hydroxyl groups is 2. The third-order valence-corrected chi connectivity index (χ3v) is 9.70. The van der Waals surface area contributed by atoms with Crippen molar-refractivity contribution in [3.8, 4) is 0 Å². The molecule has 0 bridgehead atoms. The van der Waals surface area contributed by atoms with E-state index in [2.05, 4.69) is 124 Å². The van der Waals surface area contributed by atoms with Crippen LogP contribution in [0.1, 0.15) is 162 Å². The van der Waals surface area contributed by atoms with E-state index in [1.54, 1.807) is 12.2 Å². The zero-order valence-corrected chi connectivity index (χ0v) is 36.5. The van der Waals surface area contributed by atoms with Gasteiger partial charge < -0.3 is 19.7 Å². The van der Waals surface area contributed by atoms with Crippen molar-refractivity contribution < 1.29 is 24.5 Å². The first-order valence-electron chi connectivity index (χ1n) is 20.2. The lowest BCUT2D eigenvalue weighted by molar-refractivity contribution is -0.147. The molecule has 5 nitrogen and oxygen atoms in total. The van der Waals surface area contributed by atoms with Crippen LogP contribution in [0.5, 0.6) is 0 Å². The quantitative estimate of drug-likeness (QED) is 0.0664. The zero-order valence-electron chi connectivity index (χ0n) is 36.5. The van der Waals surface area contributed by atoms with Gasteiger partial charge in [-0.1, -0.05) is 149 Å². The normalized spacial score (nSPS) is 15.0. The minimum absolute atomic E-state index is 0.0596. The van der Waals surface area contributed by atoms with Crippen LogP contribution in [0.15, 0.2) is 25.3 Å². The third kappa shape index (κ3) is 32.4. The zero-order chi connectivity index (χ0) is 40.1. The maximum Gasteiger partial charge on any atom is 0.308 e. The second-order valence-electron chi connectivity index (χ2n) is 17.6. The summed E-state index contributed by atoms with van der Waals surface area (Å²) in [5.74, 6) is 5.81. The fraction of sp³-hybridized carbons (Fsp3) is 0.867. The molecule has 5 heteroatoms. The summed E-state index contributed by atoms with van der Waals surface area (Å²) >= 11 is 0. The Bertz CT molecular complexity index is 761. The van der Waals surface area contributed by atoms with Gasteiger partial charge in [0.15, 0.2) is 0 Å². The Morgan fingerprint density at radius 3 is 1.06 bits per heavy atom. The van der Waals surface area contributed by atoms with Crippen molar-refractivity contribution in [3.63, 3.8) is 0 Å². The van der Waals surface area contributed by atoms with Gasteiger partial charge in [0.2, 0.25) is 0 Å². The SMILES string of the molecule is C=C[C@@H](O)[C@@H](CCC(C)C)C(C)C.C=C[C@H](O)[C@@H](CCC(C)C)C(C)C.CC(C)CC[C@H](C=O)C(C)C.COC(=O)[C@@H](CCC(C)C)C(C)C. The number of aliphatic hydroxyl groups excluding tert-OH is 2. The van der Waals surface area contributed by atoms with Crippen molar-refractivity contribution in [2.24, 2.45) is 71.0 Å². The summed E-state index contributed by atoms with van der Waals surface area (Å²) in [6.07, 6.45) is 12.6. The van der Waals surface area contributed by atoms with E-state index in [4.69, 9.17) is 4.74 Å². The van der Waals surface area contributed by atoms with Gasteiger partial charge in [0.05, 0.1) is 25.2 Å². The highest BCUT2D eigenvalue weighted by molar-refractivity contribution is 5.72. The van der Waals surface area contributed by atoms with Crippen LogP contribution in [-0.2, 0) is 14.3 Å². The van der Waals surface area contributed by atoms with Crippen molar-refractivity contribution in [3.05, 3.63) is 25.3 Å². The summed E-state index contributed by atoms with van der Waals surface area (Å²) in [7, 11) is 1.47. The molecule has 0 radical (unpaired) electrons. The van der Waals surface area contributed by atoms with E-state index in [0.29, 0.717) is 41.4 Å². The van der Waals surface area contributed by atoms with Gasteiger partial charge in [-0.05, 0) is 84.9 Å². The second kappa shape index (κ2) is 33.4. The van der Waals surface area contributed by atoms with E-state index in [9.17, 15) is 19.8 Å². The highest BCUT2D eigenvalue weighted by atomic mass is 16.5. The summed E-state index contributed by atoms with van der Waals surface area (Å²) in [5, 5.41) is 19.4. The summed E-state index contributed by atoms with van der Waals surface area (Å²) in [4.78, 5) is 21.9. The summed E-state index contributed by atoms with van der Waals surface area (Å²) < 4.78 is 4.77. The summed E-state index contributed by atoms with van der Waals surface area (Å²) in [6, 6.07) is 0. The monoisotopic (exact) mass is 711 g/mol. The molecule has 300 valence electrons. The lowest BCUT2D eigenvalue weighted by Gasteiger charge is -2.24. The number of esters is 1. The highest BCUT2D eigenvalue weighted by Crippen LogP contribution is 2.25. The van der Waals surface area contributed by atoms with Crippen LogP contribution in [0, 0.1) is 71.0 Å². The van der Waals surface area contributed by atoms with Gasteiger partial charge in [0, 0.05) is 5.92 Å². The van der Waals surface area contributed by atoms with Gasteiger partial charge in [-0.2, -0.15) is 0 Å². The first-order chi connectivity index (χ1) is 23.0. The number of hydrogen-bond donors (Lipinski definition) is 2. The molecule has 50 heavy (non-hydrogen) atoms.